The first-order chi connectivity index (χ1) is 10.2. The third kappa shape index (κ3) is 3.40. The van der Waals surface area contributed by atoms with Crippen LogP contribution in [-0.2, 0) is 4.74 Å². The lowest BCUT2D eigenvalue weighted by Gasteiger charge is -2.26. The quantitative estimate of drug-likeness (QED) is 0.675. The molecule has 0 amide bonds. The maximum atomic E-state index is 11.3. The monoisotopic (exact) mass is 292 g/mol. The van der Waals surface area contributed by atoms with Crippen molar-refractivity contribution in [3.63, 3.8) is 0 Å². The van der Waals surface area contributed by atoms with Crippen molar-refractivity contribution in [3.05, 3.63) is 22.9 Å². The van der Waals surface area contributed by atoms with Crippen LogP contribution in [0, 0.1) is 0 Å². The number of anilines is 1. The van der Waals surface area contributed by atoms with E-state index in [4.69, 9.17) is 10.5 Å². The Balaban J connectivity index is 1.45. The highest BCUT2D eigenvalue weighted by Crippen LogP contribution is 2.19. The van der Waals surface area contributed by atoms with Gasteiger partial charge in [-0.3, -0.25) is 0 Å². The molecule has 8 heteroatoms. The second kappa shape index (κ2) is 6.23. The van der Waals surface area contributed by atoms with Crippen LogP contribution in [0.1, 0.15) is 25.7 Å². The van der Waals surface area contributed by atoms with Crippen LogP contribution in [0.25, 0.3) is 5.65 Å². The van der Waals surface area contributed by atoms with E-state index in [9.17, 15) is 4.79 Å². The smallest absolute Gasteiger partial charge is 0.348 e. The number of H-pyrrole nitrogens is 1. The van der Waals surface area contributed by atoms with E-state index in [1.54, 1.807) is 6.07 Å². The van der Waals surface area contributed by atoms with Gasteiger partial charge in [0, 0.05) is 18.7 Å². The maximum Gasteiger partial charge on any atom is 0.348 e. The number of nitrogens with zero attached hydrogens (tertiary/aromatic N) is 3. The molecular formula is C13H20N6O2. The summed E-state index contributed by atoms with van der Waals surface area (Å²) in [4.78, 5) is 15.5. The number of aromatic amines is 1. The lowest BCUT2D eigenvalue weighted by Crippen LogP contribution is -2.31. The van der Waals surface area contributed by atoms with Crippen molar-refractivity contribution in [1.82, 2.24) is 19.6 Å². The zero-order valence-electron chi connectivity index (χ0n) is 11.8. The van der Waals surface area contributed by atoms with Gasteiger partial charge < -0.3 is 15.8 Å². The van der Waals surface area contributed by atoms with Crippen LogP contribution in [0.4, 0.5) is 5.82 Å². The first kappa shape index (κ1) is 14.0. The molecule has 4 N–H and O–H groups in total. The van der Waals surface area contributed by atoms with Gasteiger partial charge in [-0.25, -0.2) is 19.3 Å². The van der Waals surface area contributed by atoms with E-state index >= 15 is 0 Å². The first-order valence-electron chi connectivity index (χ1n) is 7.26. The molecule has 1 saturated carbocycles. The minimum Gasteiger partial charge on any atom is -0.376 e. The Labute approximate surface area is 121 Å². The predicted molar refractivity (Wildman–Crippen MR) is 78.3 cm³/mol. The summed E-state index contributed by atoms with van der Waals surface area (Å²) in [5.41, 5.74) is 6.12. The number of hydrogen-bond donors (Lipinski definition) is 3. The minimum atomic E-state index is -0.289. The van der Waals surface area contributed by atoms with E-state index in [0.29, 0.717) is 36.8 Å². The first-order valence-corrected chi connectivity index (χ1v) is 7.26. The van der Waals surface area contributed by atoms with Gasteiger partial charge in [0.2, 0.25) is 0 Å². The zero-order valence-corrected chi connectivity index (χ0v) is 11.8. The van der Waals surface area contributed by atoms with Gasteiger partial charge in [-0.2, -0.15) is 5.10 Å². The van der Waals surface area contributed by atoms with Crippen molar-refractivity contribution in [2.45, 2.75) is 37.8 Å². The highest BCUT2D eigenvalue weighted by Gasteiger charge is 2.18. The number of rotatable bonds is 5. The van der Waals surface area contributed by atoms with E-state index in [1.807, 2.05) is 0 Å². The fourth-order valence-electron chi connectivity index (χ4n) is 2.57. The molecule has 1 aliphatic carbocycles. The largest absolute Gasteiger partial charge is 0.376 e. The summed E-state index contributed by atoms with van der Waals surface area (Å²) in [6.45, 7) is 1.29. The van der Waals surface area contributed by atoms with Crippen molar-refractivity contribution >= 4 is 11.5 Å². The molecule has 0 bridgehead atoms. The molecule has 0 saturated heterocycles. The summed E-state index contributed by atoms with van der Waals surface area (Å²) in [6.07, 6.45) is 5.96. The molecule has 8 nitrogen and oxygen atoms in total. The molecule has 3 rings (SSSR count). The molecule has 2 heterocycles. The number of aromatic nitrogens is 4. The molecule has 0 aromatic carbocycles. The average molecular weight is 292 g/mol. The Morgan fingerprint density at radius 1 is 1.43 bits per heavy atom. The summed E-state index contributed by atoms with van der Waals surface area (Å²) >= 11 is 0. The molecule has 2 aromatic rings. The molecule has 114 valence electrons. The SMILES string of the molecule is NC1CCC(OCCNc2cc3n[nH]c(=O)n3cn2)CC1. The molecule has 0 spiro atoms. The van der Waals surface area contributed by atoms with Crippen LogP contribution in [0.3, 0.4) is 0 Å². The van der Waals surface area contributed by atoms with E-state index in [2.05, 4.69) is 20.5 Å². The second-order valence-electron chi connectivity index (χ2n) is 5.37. The van der Waals surface area contributed by atoms with Crippen molar-refractivity contribution in [2.24, 2.45) is 5.73 Å². The number of ether oxygens (including phenoxy) is 1. The van der Waals surface area contributed by atoms with Crippen molar-refractivity contribution in [3.8, 4) is 0 Å². The van der Waals surface area contributed by atoms with E-state index in [0.717, 1.165) is 25.7 Å². The minimum absolute atomic E-state index is 0.289. The average Bonchev–Trinajstić information content (AvgIpc) is 2.86. The fraction of sp³-hybridized carbons (Fsp3) is 0.615. The summed E-state index contributed by atoms with van der Waals surface area (Å²) in [5, 5.41) is 9.43. The van der Waals surface area contributed by atoms with Gasteiger partial charge >= 0.3 is 5.69 Å². The van der Waals surface area contributed by atoms with Gasteiger partial charge in [0.1, 0.15) is 12.1 Å². The molecule has 0 unspecified atom stereocenters. The van der Waals surface area contributed by atoms with E-state index in [-0.39, 0.29) is 5.69 Å². The van der Waals surface area contributed by atoms with Crippen molar-refractivity contribution < 1.29 is 4.74 Å². The van der Waals surface area contributed by atoms with Gasteiger partial charge in [-0.15, -0.1) is 0 Å². The number of nitrogens with one attached hydrogen (secondary N) is 2. The van der Waals surface area contributed by atoms with E-state index < -0.39 is 0 Å². The zero-order chi connectivity index (χ0) is 14.7. The highest BCUT2D eigenvalue weighted by molar-refractivity contribution is 5.48. The highest BCUT2D eigenvalue weighted by atomic mass is 16.5. The molecule has 1 fully saturated rings. The topological polar surface area (TPSA) is 110 Å². The summed E-state index contributed by atoms with van der Waals surface area (Å²) in [5.74, 6) is 0.677. The number of hydrogen-bond acceptors (Lipinski definition) is 6. The molecule has 21 heavy (non-hydrogen) atoms. The summed E-state index contributed by atoms with van der Waals surface area (Å²) in [6, 6.07) is 2.06. The summed E-state index contributed by atoms with van der Waals surface area (Å²) in [7, 11) is 0. The van der Waals surface area contributed by atoms with Gasteiger partial charge in [0.05, 0.1) is 12.7 Å². The molecule has 0 atom stereocenters. The maximum absolute atomic E-state index is 11.3. The van der Waals surface area contributed by atoms with E-state index in [1.165, 1.54) is 10.7 Å². The van der Waals surface area contributed by atoms with Crippen LogP contribution < -0.4 is 16.7 Å². The number of fused-ring (bicyclic) bond motifs is 1. The third-order valence-corrected chi connectivity index (χ3v) is 3.79. The lowest BCUT2D eigenvalue weighted by molar-refractivity contribution is 0.0313. The van der Waals surface area contributed by atoms with Crippen LogP contribution in [0.5, 0.6) is 0 Å². The Kier molecular flexibility index (Phi) is 4.16. The molecular weight excluding hydrogens is 272 g/mol. The predicted octanol–water partition coefficient (Wildman–Crippen LogP) is 0.116. The fourth-order valence-corrected chi connectivity index (χ4v) is 2.57. The van der Waals surface area contributed by atoms with Crippen molar-refractivity contribution in [2.75, 3.05) is 18.5 Å². The number of nitrogens with two attached hydrogens (primary N) is 1. The lowest BCUT2D eigenvalue weighted by atomic mass is 9.94. The normalized spacial score (nSPS) is 22.5. The Bertz CT molecular complexity index is 643. The van der Waals surface area contributed by atoms with Gasteiger partial charge in [0.15, 0.2) is 5.65 Å². The molecule has 0 aliphatic heterocycles. The summed E-state index contributed by atoms with van der Waals surface area (Å²) < 4.78 is 7.18. The van der Waals surface area contributed by atoms with Gasteiger partial charge in [-0.05, 0) is 25.7 Å². The van der Waals surface area contributed by atoms with Crippen LogP contribution >= 0.6 is 0 Å². The van der Waals surface area contributed by atoms with Crippen LogP contribution in [0.15, 0.2) is 17.2 Å². The Morgan fingerprint density at radius 3 is 3.05 bits per heavy atom. The standard InChI is InChI=1S/C13H20N6O2/c14-9-1-3-10(4-2-9)21-6-5-15-11-7-12-17-18-13(20)19(12)8-16-11/h7-10,15H,1-6,14H2,(H,18,20). The molecule has 2 aromatic heterocycles. The van der Waals surface area contributed by atoms with Crippen LogP contribution in [-0.4, -0.2) is 44.9 Å². The molecule has 1 aliphatic rings. The molecule has 0 radical (unpaired) electrons. The Morgan fingerprint density at radius 2 is 2.24 bits per heavy atom. The Hall–Kier alpha value is -1.93. The van der Waals surface area contributed by atoms with Gasteiger partial charge in [0.25, 0.3) is 0 Å². The van der Waals surface area contributed by atoms with Crippen LogP contribution in [0.2, 0.25) is 0 Å². The third-order valence-electron chi connectivity index (χ3n) is 3.79. The van der Waals surface area contributed by atoms with Gasteiger partial charge in [-0.1, -0.05) is 0 Å². The van der Waals surface area contributed by atoms with Crippen molar-refractivity contribution in [1.29, 1.82) is 0 Å². The second-order valence-corrected chi connectivity index (χ2v) is 5.37.